The molecule has 3 heteroatoms. The summed E-state index contributed by atoms with van der Waals surface area (Å²) in [5, 5.41) is 3.14. The van der Waals surface area contributed by atoms with E-state index < -0.39 is 0 Å². The summed E-state index contributed by atoms with van der Waals surface area (Å²) in [6.07, 6.45) is 0.217. The summed E-state index contributed by atoms with van der Waals surface area (Å²) < 4.78 is 13.1. The lowest BCUT2D eigenvalue weighted by molar-refractivity contribution is -0.120. The number of benzene rings is 3. The minimum absolute atomic E-state index is 0.0922. The van der Waals surface area contributed by atoms with Gasteiger partial charge < -0.3 is 5.32 Å². The SMILES string of the molecule is Cc1ccc(C(NC(=O)Cc2ccc(F)cc2)c2ccccc2)c(C)c1. The maximum Gasteiger partial charge on any atom is 0.225 e. The smallest absolute Gasteiger partial charge is 0.225 e. The predicted molar refractivity (Wildman–Crippen MR) is 102 cm³/mol. The van der Waals surface area contributed by atoms with Crippen molar-refractivity contribution in [3.63, 3.8) is 0 Å². The molecule has 3 aromatic carbocycles. The van der Waals surface area contributed by atoms with Crippen LogP contribution in [0.5, 0.6) is 0 Å². The van der Waals surface area contributed by atoms with Crippen LogP contribution in [0.4, 0.5) is 4.39 Å². The van der Waals surface area contributed by atoms with Gasteiger partial charge in [-0.15, -0.1) is 0 Å². The van der Waals surface area contributed by atoms with E-state index in [9.17, 15) is 9.18 Å². The lowest BCUT2D eigenvalue weighted by atomic mass is 9.93. The number of carbonyl (C=O) groups excluding carboxylic acids is 1. The molecule has 0 aliphatic rings. The third-order valence-corrected chi connectivity index (χ3v) is 4.45. The van der Waals surface area contributed by atoms with Gasteiger partial charge >= 0.3 is 0 Å². The largest absolute Gasteiger partial charge is 0.345 e. The van der Waals surface area contributed by atoms with Gasteiger partial charge in [0.2, 0.25) is 5.91 Å². The van der Waals surface area contributed by atoms with Crippen molar-refractivity contribution < 1.29 is 9.18 Å². The molecule has 0 radical (unpaired) electrons. The molecule has 0 aliphatic carbocycles. The Morgan fingerprint density at radius 1 is 0.962 bits per heavy atom. The van der Waals surface area contributed by atoms with Crippen LogP contribution in [-0.2, 0) is 11.2 Å². The topological polar surface area (TPSA) is 29.1 Å². The van der Waals surface area contributed by atoms with E-state index >= 15 is 0 Å². The Hall–Kier alpha value is -2.94. The van der Waals surface area contributed by atoms with Gasteiger partial charge in [0.15, 0.2) is 0 Å². The van der Waals surface area contributed by atoms with E-state index in [1.165, 1.54) is 17.7 Å². The Bertz CT molecular complexity index is 888. The van der Waals surface area contributed by atoms with Crippen molar-refractivity contribution in [1.82, 2.24) is 5.32 Å². The van der Waals surface area contributed by atoms with Crippen LogP contribution in [0, 0.1) is 19.7 Å². The van der Waals surface area contributed by atoms with Crippen LogP contribution in [0.25, 0.3) is 0 Å². The standard InChI is InChI=1S/C23H22FNO/c1-16-8-13-21(17(2)14-16)23(19-6-4-3-5-7-19)25-22(26)15-18-9-11-20(24)12-10-18/h3-14,23H,15H2,1-2H3,(H,25,26). The molecule has 0 heterocycles. The zero-order valence-electron chi connectivity index (χ0n) is 15.0. The van der Waals surface area contributed by atoms with Crippen LogP contribution >= 0.6 is 0 Å². The monoisotopic (exact) mass is 347 g/mol. The number of amides is 1. The van der Waals surface area contributed by atoms with Crippen LogP contribution in [0.2, 0.25) is 0 Å². The molecule has 0 fully saturated rings. The molecule has 3 aromatic rings. The number of hydrogen-bond acceptors (Lipinski definition) is 1. The van der Waals surface area contributed by atoms with Gasteiger partial charge in [-0.05, 0) is 48.2 Å². The molecule has 0 aliphatic heterocycles. The van der Waals surface area contributed by atoms with Gasteiger partial charge in [0.1, 0.15) is 5.82 Å². The van der Waals surface area contributed by atoms with Crippen molar-refractivity contribution in [2.45, 2.75) is 26.3 Å². The van der Waals surface area contributed by atoms with E-state index in [1.54, 1.807) is 12.1 Å². The first-order valence-corrected chi connectivity index (χ1v) is 8.69. The van der Waals surface area contributed by atoms with Gasteiger partial charge in [-0.3, -0.25) is 4.79 Å². The average molecular weight is 347 g/mol. The number of halogens is 1. The van der Waals surface area contributed by atoms with Crippen LogP contribution in [0.1, 0.15) is 33.9 Å². The van der Waals surface area contributed by atoms with Gasteiger partial charge in [-0.1, -0.05) is 66.2 Å². The van der Waals surface area contributed by atoms with Gasteiger partial charge in [0.05, 0.1) is 12.5 Å². The molecule has 1 unspecified atom stereocenters. The number of hydrogen-bond donors (Lipinski definition) is 1. The van der Waals surface area contributed by atoms with Crippen LogP contribution in [0.15, 0.2) is 72.8 Å². The second kappa shape index (κ2) is 7.96. The Kier molecular flexibility index (Phi) is 5.47. The highest BCUT2D eigenvalue weighted by molar-refractivity contribution is 5.79. The molecule has 1 atom stereocenters. The van der Waals surface area contributed by atoms with Gasteiger partial charge in [0.25, 0.3) is 0 Å². The van der Waals surface area contributed by atoms with Gasteiger partial charge in [0, 0.05) is 0 Å². The molecule has 0 bridgehead atoms. The van der Waals surface area contributed by atoms with Crippen molar-refractivity contribution >= 4 is 5.91 Å². The van der Waals surface area contributed by atoms with Crippen molar-refractivity contribution in [2.75, 3.05) is 0 Å². The number of carbonyl (C=O) groups is 1. The maximum absolute atomic E-state index is 13.1. The molecular formula is C23H22FNO. The lowest BCUT2D eigenvalue weighted by Gasteiger charge is -2.22. The fourth-order valence-electron chi connectivity index (χ4n) is 3.14. The first kappa shape index (κ1) is 17.9. The zero-order chi connectivity index (χ0) is 18.5. The summed E-state index contributed by atoms with van der Waals surface area (Å²) in [4.78, 5) is 12.6. The molecule has 26 heavy (non-hydrogen) atoms. The zero-order valence-corrected chi connectivity index (χ0v) is 15.0. The highest BCUT2D eigenvalue weighted by Crippen LogP contribution is 2.26. The molecular weight excluding hydrogens is 325 g/mol. The summed E-state index contributed by atoms with van der Waals surface area (Å²) in [6, 6.07) is 22.0. The normalized spacial score (nSPS) is 11.8. The average Bonchev–Trinajstić information content (AvgIpc) is 2.63. The molecule has 132 valence electrons. The summed E-state index contributed by atoms with van der Waals surface area (Å²) in [7, 11) is 0. The van der Waals surface area contributed by atoms with E-state index in [1.807, 2.05) is 30.3 Å². The second-order valence-electron chi connectivity index (χ2n) is 6.57. The van der Waals surface area contributed by atoms with E-state index in [4.69, 9.17) is 0 Å². The Morgan fingerprint density at radius 3 is 2.31 bits per heavy atom. The van der Waals surface area contributed by atoms with Crippen LogP contribution < -0.4 is 5.32 Å². The minimum atomic E-state index is -0.299. The maximum atomic E-state index is 13.1. The molecule has 1 N–H and O–H groups in total. The molecule has 1 amide bonds. The molecule has 0 saturated heterocycles. The number of aryl methyl sites for hydroxylation is 2. The Balaban J connectivity index is 1.86. The van der Waals surface area contributed by atoms with E-state index in [0.29, 0.717) is 0 Å². The number of nitrogens with one attached hydrogen (secondary N) is 1. The fourth-order valence-corrected chi connectivity index (χ4v) is 3.14. The predicted octanol–water partition coefficient (Wildman–Crippen LogP) is 4.89. The van der Waals surface area contributed by atoms with Crippen molar-refractivity contribution in [3.8, 4) is 0 Å². The molecule has 3 rings (SSSR count). The molecule has 0 spiro atoms. The lowest BCUT2D eigenvalue weighted by Crippen LogP contribution is -2.31. The third-order valence-electron chi connectivity index (χ3n) is 4.45. The number of rotatable bonds is 5. The second-order valence-corrected chi connectivity index (χ2v) is 6.57. The molecule has 0 saturated carbocycles. The summed E-state index contributed by atoms with van der Waals surface area (Å²) >= 11 is 0. The van der Waals surface area contributed by atoms with Crippen molar-refractivity contribution in [1.29, 1.82) is 0 Å². The first-order chi connectivity index (χ1) is 12.5. The Morgan fingerprint density at radius 2 is 1.65 bits per heavy atom. The molecule has 2 nitrogen and oxygen atoms in total. The van der Waals surface area contributed by atoms with Crippen LogP contribution in [0.3, 0.4) is 0 Å². The first-order valence-electron chi connectivity index (χ1n) is 8.69. The van der Waals surface area contributed by atoms with Crippen molar-refractivity contribution in [3.05, 3.63) is 106 Å². The highest BCUT2D eigenvalue weighted by Gasteiger charge is 2.18. The quantitative estimate of drug-likeness (QED) is 0.699. The minimum Gasteiger partial charge on any atom is -0.345 e. The molecule has 0 aromatic heterocycles. The summed E-state index contributed by atoms with van der Waals surface area (Å²) in [5.41, 5.74) is 5.23. The fraction of sp³-hybridized carbons (Fsp3) is 0.174. The van der Waals surface area contributed by atoms with Crippen LogP contribution in [-0.4, -0.2) is 5.91 Å². The summed E-state index contributed by atoms with van der Waals surface area (Å²) in [6.45, 7) is 4.12. The third kappa shape index (κ3) is 4.37. The van der Waals surface area contributed by atoms with E-state index in [2.05, 4.69) is 37.4 Å². The van der Waals surface area contributed by atoms with Crippen molar-refractivity contribution in [2.24, 2.45) is 0 Å². The van der Waals surface area contributed by atoms with E-state index in [-0.39, 0.29) is 24.2 Å². The van der Waals surface area contributed by atoms with E-state index in [0.717, 1.165) is 22.3 Å². The Labute approximate surface area is 153 Å². The highest BCUT2D eigenvalue weighted by atomic mass is 19.1. The summed E-state index contributed by atoms with van der Waals surface area (Å²) in [5.74, 6) is -0.392. The van der Waals surface area contributed by atoms with Gasteiger partial charge in [-0.2, -0.15) is 0 Å². The van der Waals surface area contributed by atoms with Gasteiger partial charge in [-0.25, -0.2) is 4.39 Å².